The van der Waals surface area contributed by atoms with E-state index in [2.05, 4.69) is 36.0 Å². The van der Waals surface area contributed by atoms with Crippen molar-refractivity contribution in [1.29, 1.82) is 0 Å². The number of hydrogen-bond donors (Lipinski definition) is 0. The first-order valence-electron chi connectivity index (χ1n) is 7.86. The zero-order chi connectivity index (χ0) is 14.9. The Kier molecular flexibility index (Phi) is 3.49. The number of hydrogen-bond acceptors (Lipinski definition) is 7. The normalized spacial score (nSPS) is 19.6. The van der Waals surface area contributed by atoms with Gasteiger partial charge in [-0.25, -0.2) is 9.97 Å². The van der Waals surface area contributed by atoms with Crippen molar-refractivity contribution in [1.82, 2.24) is 25.0 Å². The Balaban J connectivity index is 1.36. The molecule has 0 bridgehead atoms. The Bertz CT molecular complexity index is 645. The fourth-order valence-corrected chi connectivity index (χ4v) is 2.87. The summed E-state index contributed by atoms with van der Waals surface area (Å²) in [6.07, 6.45) is 4.25. The minimum atomic E-state index is 0.670. The molecule has 0 atom stereocenters. The molecule has 4 rings (SSSR count). The molecule has 0 N–H and O–H groups in total. The third kappa shape index (κ3) is 2.94. The molecule has 2 aromatic rings. The number of rotatable bonds is 4. The first-order chi connectivity index (χ1) is 10.8. The lowest BCUT2D eigenvalue weighted by Gasteiger charge is -2.34. The predicted octanol–water partition coefficient (Wildman–Crippen LogP) is 1.37. The summed E-state index contributed by atoms with van der Waals surface area (Å²) in [5.74, 6) is 3.13. The van der Waals surface area contributed by atoms with Gasteiger partial charge in [-0.05, 0) is 19.8 Å². The van der Waals surface area contributed by atoms with Gasteiger partial charge in [0.15, 0.2) is 5.82 Å². The van der Waals surface area contributed by atoms with Gasteiger partial charge in [0.2, 0.25) is 5.89 Å². The molecule has 2 aliphatic rings. The maximum atomic E-state index is 5.19. The second-order valence-corrected chi connectivity index (χ2v) is 6.07. The molecule has 116 valence electrons. The lowest BCUT2D eigenvalue weighted by molar-refractivity contribution is 0.215. The van der Waals surface area contributed by atoms with Crippen LogP contribution in [0.4, 0.5) is 5.82 Å². The molecule has 2 fully saturated rings. The second-order valence-electron chi connectivity index (χ2n) is 6.07. The number of anilines is 1. The van der Waals surface area contributed by atoms with Gasteiger partial charge >= 0.3 is 0 Å². The van der Waals surface area contributed by atoms with Gasteiger partial charge in [0.25, 0.3) is 0 Å². The summed E-state index contributed by atoms with van der Waals surface area (Å²) in [4.78, 5) is 17.8. The third-order valence-corrected chi connectivity index (χ3v) is 4.29. The molecule has 7 heteroatoms. The van der Waals surface area contributed by atoms with Gasteiger partial charge in [0.1, 0.15) is 12.1 Å². The van der Waals surface area contributed by atoms with Crippen molar-refractivity contribution >= 4 is 5.82 Å². The molecule has 1 saturated carbocycles. The van der Waals surface area contributed by atoms with Gasteiger partial charge in [-0.2, -0.15) is 4.98 Å². The van der Waals surface area contributed by atoms with Crippen molar-refractivity contribution in [3.05, 3.63) is 29.8 Å². The molecule has 1 aliphatic carbocycles. The molecule has 1 aliphatic heterocycles. The fourth-order valence-electron chi connectivity index (χ4n) is 2.87. The first-order valence-corrected chi connectivity index (χ1v) is 7.86. The van der Waals surface area contributed by atoms with Gasteiger partial charge in [-0.15, -0.1) is 0 Å². The summed E-state index contributed by atoms with van der Waals surface area (Å²) in [7, 11) is 0. The Hall–Kier alpha value is -2.02. The molecule has 3 heterocycles. The summed E-state index contributed by atoms with van der Waals surface area (Å²) in [6, 6.07) is 2.16. The van der Waals surface area contributed by atoms with Gasteiger partial charge < -0.3 is 9.42 Å². The highest BCUT2D eigenvalue weighted by Gasteiger charge is 2.26. The van der Waals surface area contributed by atoms with Crippen LogP contribution in [0.1, 0.15) is 36.2 Å². The van der Waals surface area contributed by atoms with E-state index in [0.717, 1.165) is 38.5 Å². The number of aryl methyl sites for hydroxylation is 1. The van der Waals surface area contributed by atoms with Gasteiger partial charge in [0, 0.05) is 43.9 Å². The second kappa shape index (κ2) is 5.64. The molecule has 1 saturated heterocycles. The highest BCUT2D eigenvalue weighted by Crippen LogP contribution is 2.39. The fraction of sp³-hybridized carbons (Fsp3) is 0.600. The molecule has 22 heavy (non-hydrogen) atoms. The Labute approximate surface area is 129 Å². The summed E-state index contributed by atoms with van der Waals surface area (Å²) in [5, 5.41) is 3.84. The lowest BCUT2D eigenvalue weighted by Crippen LogP contribution is -2.46. The van der Waals surface area contributed by atoms with Crippen LogP contribution in [-0.2, 0) is 6.54 Å². The molecule has 0 amide bonds. The quantitative estimate of drug-likeness (QED) is 0.844. The average molecular weight is 300 g/mol. The zero-order valence-electron chi connectivity index (χ0n) is 12.8. The Morgan fingerprint density at radius 3 is 2.68 bits per heavy atom. The van der Waals surface area contributed by atoms with E-state index < -0.39 is 0 Å². The molecule has 2 aromatic heterocycles. The van der Waals surface area contributed by atoms with Crippen molar-refractivity contribution < 1.29 is 4.52 Å². The van der Waals surface area contributed by atoms with Crippen molar-refractivity contribution in [3.8, 4) is 0 Å². The summed E-state index contributed by atoms with van der Waals surface area (Å²) < 4.78 is 5.19. The third-order valence-electron chi connectivity index (χ3n) is 4.29. The maximum absolute atomic E-state index is 5.19. The van der Waals surface area contributed by atoms with Crippen molar-refractivity contribution in [2.75, 3.05) is 31.1 Å². The van der Waals surface area contributed by atoms with E-state index in [9.17, 15) is 0 Å². The van der Waals surface area contributed by atoms with Gasteiger partial charge in [-0.1, -0.05) is 5.16 Å². The number of nitrogens with zero attached hydrogens (tertiary/aromatic N) is 6. The van der Waals surface area contributed by atoms with E-state index in [1.807, 2.05) is 6.92 Å². The molecular formula is C15H20N6O. The summed E-state index contributed by atoms with van der Waals surface area (Å²) in [6.45, 7) is 6.46. The standard InChI is InChI=1S/C15H20N6O/c1-11-18-15(22-19-11)9-20-4-6-21(7-5-20)14-8-13(12-2-3-12)16-10-17-14/h8,10,12H,2-7,9H2,1H3. The van der Waals surface area contributed by atoms with E-state index in [1.165, 1.54) is 18.5 Å². The zero-order valence-corrected chi connectivity index (χ0v) is 12.8. The van der Waals surface area contributed by atoms with Crippen LogP contribution in [0, 0.1) is 6.92 Å². The summed E-state index contributed by atoms with van der Waals surface area (Å²) in [5.41, 5.74) is 1.20. The largest absolute Gasteiger partial charge is 0.354 e. The first kappa shape index (κ1) is 13.6. The number of piperazine rings is 1. The van der Waals surface area contributed by atoms with E-state index in [4.69, 9.17) is 4.52 Å². The van der Waals surface area contributed by atoms with Gasteiger partial charge in [-0.3, -0.25) is 4.90 Å². The van der Waals surface area contributed by atoms with E-state index in [1.54, 1.807) is 6.33 Å². The van der Waals surface area contributed by atoms with E-state index >= 15 is 0 Å². The highest BCUT2D eigenvalue weighted by atomic mass is 16.5. The molecule has 0 unspecified atom stereocenters. The summed E-state index contributed by atoms with van der Waals surface area (Å²) >= 11 is 0. The van der Waals surface area contributed by atoms with Crippen LogP contribution in [0.15, 0.2) is 16.9 Å². The van der Waals surface area contributed by atoms with Crippen molar-refractivity contribution in [2.45, 2.75) is 32.2 Å². The van der Waals surface area contributed by atoms with E-state index in [-0.39, 0.29) is 0 Å². The van der Waals surface area contributed by atoms with Crippen LogP contribution in [-0.4, -0.2) is 51.2 Å². The Morgan fingerprint density at radius 1 is 1.18 bits per heavy atom. The average Bonchev–Trinajstić information content (AvgIpc) is 3.32. The monoisotopic (exact) mass is 300 g/mol. The SMILES string of the molecule is Cc1noc(CN2CCN(c3cc(C4CC4)ncn3)CC2)n1. The predicted molar refractivity (Wildman–Crippen MR) is 80.5 cm³/mol. The minimum absolute atomic E-state index is 0.670. The van der Waals surface area contributed by atoms with Crippen LogP contribution in [0.3, 0.4) is 0 Å². The van der Waals surface area contributed by atoms with E-state index in [0.29, 0.717) is 17.6 Å². The van der Waals surface area contributed by atoms with Crippen LogP contribution in [0.5, 0.6) is 0 Å². The number of aromatic nitrogens is 4. The highest BCUT2D eigenvalue weighted by molar-refractivity contribution is 5.41. The van der Waals surface area contributed by atoms with Crippen LogP contribution in [0.2, 0.25) is 0 Å². The topological polar surface area (TPSA) is 71.2 Å². The molecule has 0 spiro atoms. The smallest absolute Gasteiger partial charge is 0.240 e. The van der Waals surface area contributed by atoms with Gasteiger partial charge in [0.05, 0.1) is 6.54 Å². The maximum Gasteiger partial charge on any atom is 0.240 e. The minimum Gasteiger partial charge on any atom is -0.354 e. The van der Waals surface area contributed by atoms with Crippen LogP contribution < -0.4 is 4.90 Å². The molecule has 0 radical (unpaired) electrons. The van der Waals surface area contributed by atoms with Crippen molar-refractivity contribution in [2.24, 2.45) is 0 Å². The van der Waals surface area contributed by atoms with Crippen LogP contribution in [0.25, 0.3) is 0 Å². The molecule has 7 nitrogen and oxygen atoms in total. The lowest BCUT2D eigenvalue weighted by atomic mass is 10.2. The molecular weight excluding hydrogens is 280 g/mol. The molecule has 0 aromatic carbocycles. The Morgan fingerprint density at radius 2 is 2.00 bits per heavy atom. The van der Waals surface area contributed by atoms with Crippen LogP contribution >= 0.6 is 0 Å². The van der Waals surface area contributed by atoms with Crippen molar-refractivity contribution in [3.63, 3.8) is 0 Å².